The quantitative estimate of drug-likeness (QED) is 0.525. The summed E-state index contributed by atoms with van der Waals surface area (Å²) in [7, 11) is -2.36. The molecule has 1 fully saturated rings. The number of halogens is 1. The summed E-state index contributed by atoms with van der Waals surface area (Å²) in [6.45, 7) is 2.74. The second-order valence-electron chi connectivity index (χ2n) is 5.34. The van der Waals surface area contributed by atoms with Crippen molar-refractivity contribution in [2.24, 2.45) is 0 Å². The van der Waals surface area contributed by atoms with E-state index in [-0.39, 0.29) is 37.0 Å². The van der Waals surface area contributed by atoms with Crippen LogP contribution in [-0.4, -0.2) is 51.6 Å². The van der Waals surface area contributed by atoms with Gasteiger partial charge in [-0.1, -0.05) is 0 Å². The number of likely N-dealkylation sites (N-methyl/N-ethyl adjacent to an activating group) is 1. The first-order valence-electron chi connectivity index (χ1n) is 7.36. The Morgan fingerprint density at radius 2 is 2.13 bits per heavy atom. The van der Waals surface area contributed by atoms with Gasteiger partial charge in [-0.25, -0.2) is 12.8 Å². The lowest BCUT2D eigenvalue weighted by atomic mass is 10.1. The summed E-state index contributed by atoms with van der Waals surface area (Å²) in [4.78, 5) is 11.2. The summed E-state index contributed by atoms with van der Waals surface area (Å²) in [6, 6.07) is 3.59. The lowest BCUT2D eigenvalue weighted by Crippen LogP contribution is -2.30. The lowest BCUT2D eigenvalue weighted by molar-refractivity contribution is -0.143. The van der Waals surface area contributed by atoms with E-state index in [1.54, 1.807) is 6.92 Å². The molecule has 6 nitrogen and oxygen atoms in total. The normalized spacial score (nSPS) is 17.3. The van der Waals surface area contributed by atoms with Crippen LogP contribution in [0.2, 0.25) is 0 Å². The predicted molar refractivity (Wildman–Crippen MR) is 80.9 cm³/mol. The molecule has 128 valence electrons. The number of epoxide rings is 1. The van der Waals surface area contributed by atoms with Crippen LogP contribution in [0.3, 0.4) is 0 Å². The van der Waals surface area contributed by atoms with Gasteiger partial charge < -0.3 is 9.47 Å². The Morgan fingerprint density at radius 1 is 1.43 bits per heavy atom. The number of sulfonamides is 1. The van der Waals surface area contributed by atoms with Crippen LogP contribution in [-0.2, 0) is 30.7 Å². The summed E-state index contributed by atoms with van der Waals surface area (Å²) >= 11 is 0. The minimum atomic E-state index is -3.79. The molecular weight excluding hydrogens is 325 g/mol. The second kappa shape index (κ2) is 7.37. The number of nitrogens with zero attached hydrogens (tertiary/aromatic N) is 1. The molecular formula is C15H20FNO5S. The molecule has 1 aromatic rings. The average molecular weight is 345 g/mol. The van der Waals surface area contributed by atoms with E-state index in [9.17, 15) is 17.6 Å². The van der Waals surface area contributed by atoms with E-state index in [4.69, 9.17) is 9.47 Å². The highest BCUT2D eigenvalue weighted by atomic mass is 32.2. The molecule has 1 aliphatic heterocycles. The number of hydrogen-bond donors (Lipinski definition) is 0. The monoisotopic (exact) mass is 345 g/mol. The average Bonchev–Trinajstić information content (AvgIpc) is 3.29. The fourth-order valence-electron chi connectivity index (χ4n) is 2.13. The van der Waals surface area contributed by atoms with Crippen molar-refractivity contribution in [1.82, 2.24) is 4.31 Å². The van der Waals surface area contributed by atoms with Gasteiger partial charge in [0, 0.05) is 20.0 Å². The van der Waals surface area contributed by atoms with Crippen molar-refractivity contribution in [2.45, 2.75) is 30.8 Å². The van der Waals surface area contributed by atoms with Crippen molar-refractivity contribution >= 4 is 16.0 Å². The fourth-order valence-corrected chi connectivity index (χ4v) is 3.42. The Balaban J connectivity index is 2.13. The molecule has 1 aromatic carbocycles. The van der Waals surface area contributed by atoms with Gasteiger partial charge in [0.2, 0.25) is 10.0 Å². The van der Waals surface area contributed by atoms with Crippen molar-refractivity contribution in [2.75, 3.05) is 26.8 Å². The molecule has 0 spiro atoms. The molecule has 0 radical (unpaired) electrons. The first-order chi connectivity index (χ1) is 10.8. The number of esters is 1. The summed E-state index contributed by atoms with van der Waals surface area (Å²) in [6.07, 6.45) is 0.198. The van der Waals surface area contributed by atoms with Crippen molar-refractivity contribution in [3.8, 4) is 0 Å². The third-order valence-electron chi connectivity index (χ3n) is 3.43. The van der Waals surface area contributed by atoms with E-state index in [2.05, 4.69) is 0 Å². The SMILES string of the molecule is CCOC(=O)CCc1cc(F)cc(S(=O)(=O)N(C)C[C@H]2CO2)c1. The maximum atomic E-state index is 13.7. The summed E-state index contributed by atoms with van der Waals surface area (Å²) < 4.78 is 49.6. The zero-order valence-electron chi connectivity index (χ0n) is 13.1. The number of carbonyl (C=O) groups is 1. The van der Waals surface area contributed by atoms with Crippen molar-refractivity contribution < 1.29 is 27.1 Å². The van der Waals surface area contributed by atoms with Crippen LogP contribution in [0.1, 0.15) is 18.9 Å². The lowest BCUT2D eigenvalue weighted by Gasteiger charge is -2.16. The van der Waals surface area contributed by atoms with Crippen LogP contribution < -0.4 is 0 Å². The number of hydrogen-bond acceptors (Lipinski definition) is 5. The van der Waals surface area contributed by atoms with Crippen molar-refractivity contribution in [3.63, 3.8) is 0 Å². The fraction of sp³-hybridized carbons (Fsp3) is 0.533. The molecule has 1 heterocycles. The highest BCUT2D eigenvalue weighted by molar-refractivity contribution is 7.89. The third-order valence-corrected chi connectivity index (χ3v) is 5.23. The number of carbonyl (C=O) groups excluding carboxylic acids is 1. The molecule has 0 amide bonds. The number of benzene rings is 1. The van der Waals surface area contributed by atoms with Crippen LogP contribution in [0.25, 0.3) is 0 Å². The molecule has 8 heteroatoms. The summed E-state index contributed by atoms with van der Waals surface area (Å²) in [5, 5.41) is 0. The van der Waals surface area contributed by atoms with Gasteiger partial charge in [0.25, 0.3) is 0 Å². The van der Waals surface area contributed by atoms with E-state index < -0.39 is 21.8 Å². The molecule has 23 heavy (non-hydrogen) atoms. The van der Waals surface area contributed by atoms with Crippen LogP contribution in [0.15, 0.2) is 23.1 Å². The molecule has 0 saturated carbocycles. The number of ether oxygens (including phenoxy) is 2. The molecule has 0 aliphatic carbocycles. The van der Waals surface area contributed by atoms with Gasteiger partial charge in [-0.05, 0) is 37.1 Å². The van der Waals surface area contributed by atoms with Crippen LogP contribution in [0.5, 0.6) is 0 Å². The Bertz CT molecular complexity index is 672. The molecule has 0 aromatic heterocycles. The van der Waals surface area contributed by atoms with Gasteiger partial charge in [-0.3, -0.25) is 4.79 Å². The first kappa shape index (κ1) is 17.8. The van der Waals surface area contributed by atoms with E-state index in [0.29, 0.717) is 12.2 Å². The largest absolute Gasteiger partial charge is 0.466 e. The highest BCUT2D eigenvalue weighted by Gasteiger charge is 2.30. The number of rotatable bonds is 8. The minimum Gasteiger partial charge on any atom is -0.466 e. The zero-order valence-corrected chi connectivity index (χ0v) is 13.9. The van der Waals surface area contributed by atoms with E-state index in [1.165, 1.54) is 19.2 Å². The van der Waals surface area contributed by atoms with Gasteiger partial charge >= 0.3 is 5.97 Å². The van der Waals surface area contributed by atoms with E-state index >= 15 is 0 Å². The topological polar surface area (TPSA) is 76.2 Å². The van der Waals surface area contributed by atoms with E-state index in [1.807, 2.05) is 0 Å². The molecule has 0 unspecified atom stereocenters. The van der Waals surface area contributed by atoms with Crippen molar-refractivity contribution in [3.05, 3.63) is 29.6 Å². The smallest absolute Gasteiger partial charge is 0.306 e. The summed E-state index contributed by atoms with van der Waals surface area (Å²) in [5.41, 5.74) is 0.438. The Hall–Kier alpha value is -1.51. The maximum absolute atomic E-state index is 13.7. The highest BCUT2D eigenvalue weighted by Crippen LogP contribution is 2.21. The van der Waals surface area contributed by atoms with Gasteiger partial charge in [0.1, 0.15) is 5.82 Å². The Kier molecular flexibility index (Phi) is 5.72. The van der Waals surface area contributed by atoms with Gasteiger partial charge in [0.05, 0.1) is 24.2 Å². The minimum absolute atomic E-state index is 0.0720. The maximum Gasteiger partial charge on any atom is 0.306 e. The first-order valence-corrected chi connectivity index (χ1v) is 8.80. The second-order valence-corrected chi connectivity index (χ2v) is 7.39. The van der Waals surface area contributed by atoms with Gasteiger partial charge in [-0.15, -0.1) is 0 Å². The predicted octanol–water partition coefficient (Wildman–Crippen LogP) is 1.34. The van der Waals surface area contributed by atoms with Gasteiger partial charge in [-0.2, -0.15) is 4.31 Å². The molecule has 1 saturated heterocycles. The Morgan fingerprint density at radius 3 is 2.74 bits per heavy atom. The molecule has 1 aliphatic rings. The van der Waals surface area contributed by atoms with Crippen molar-refractivity contribution in [1.29, 1.82) is 0 Å². The number of aryl methyl sites for hydroxylation is 1. The van der Waals surface area contributed by atoms with Crippen LogP contribution >= 0.6 is 0 Å². The van der Waals surface area contributed by atoms with Crippen LogP contribution in [0, 0.1) is 5.82 Å². The summed E-state index contributed by atoms with van der Waals surface area (Å²) in [5.74, 6) is -1.05. The third kappa shape index (κ3) is 4.98. The standard InChI is InChI=1S/C15H20FNO5S/c1-3-21-15(18)5-4-11-6-12(16)8-14(7-11)23(19,20)17(2)9-13-10-22-13/h6-8,13H,3-5,9-10H2,1-2H3/t13-/m0/s1. The molecule has 0 bridgehead atoms. The van der Waals surface area contributed by atoms with Gasteiger partial charge in [0.15, 0.2) is 0 Å². The molecule has 1 atom stereocenters. The van der Waals surface area contributed by atoms with E-state index in [0.717, 1.165) is 10.4 Å². The Labute approximate surface area is 135 Å². The zero-order chi connectivity index (χ0) is 17.0. The van der Waals surface area contributed by atoms with Crippen LogP contribution in [0.4, 0.5) is 4.39 Å². The molecule has 0 N–H and O–H groups in total. The molecule has 2 rings (SSSR count).